The van der Waals surface area contributed by atoms with Gasteiger partial charge in [0.05, 0.1) is 26.3 Å². The van der Waals surface area contributed by atoms with Gasteiger partial charge in [-0.15, -0.1) is 24.2 Å². The van der Waals surface area contributed by atoms with E-state index >= 15 is 0 Å². The number of nitrogens with one attached hydrogen (secondary N) is 1. The van der Waals surface area contributed by atoms with E-state index < -0.39 is 10.2 Å². The SMILES string of the molecule is Cl.[C-]#[N+]c1cnc2cc(OC)c(OC)cc2c1SCCCCNS(N)(=O)=O. The molecule has 0 aliphatic heterocycles. The van der Waals surface area contributed by atoms with E-state index in [1.165, 1.54) is 11.8 Å². The molecule has 8 nitrogen and oxygen atoms in total. The van der Waals surface area contributed by atoms with Crippen LogP contribution in [0.4, 0.5) is 5.69 Å². The van der Waals surface area contributed by atoms with Gasteiger partial charge in [0.25, 0.3) is 10.2 Å². The van der Waals surface area contributed by atoms with Gasteiger partial charge < -0.3 is 9.47 Å². The van der Waals surface area contributed by atoms with Crippen LogP contribution in [-0.4, -0.2) is 39.9 Å². The second-order valence-corrected chi connectivity index (χ2v) is 7.79. The van der Waals surface area contributed by atoms with Crippen molar-refractivity contribution in [3.05, 3.63) is 29.7 Å². The van der Waals surface area contributed by atoms with Crippen molar-refractivity contribution in [3.8, 4) is 11.5 Å². The largest absolute Gasteiger partial charge is 0.493 e. The molecule has 0 spiro atoms. The number of nitrogens with zero attached hydrogens (tertiary/aromatic N) is 2. The predicted octanol–water partition coefficient (Wildman–Crippen LogP) is 2.89. The number of methoxy groups -OCH3 is 2. The second-order valence-electron chi connectivity index (χ2n) is 5.30. The van der Waals surface area contributed by atoms with Gasteiger partial charge in [0.2, 0.25) is 5.69 Å². The third kappa shape index (κ3) is 6.41. The average Bonchev–Trinajstić information content (AvgIpc) is 2.62. The first-order valence-corrected chi connectivity index (χ1v) is 10.2. The Balaban J connectivity index is 0.00000364. The van der Waals surface area contributed by atoms with Crippen LogP contribution in [0, 0.1) is 6.57 Å². The maximum atomic E-state index is 10.8. The van der Waals surface area contributed by atoms with Crippen LogP contribution in [0.5, 0.6) is 11.5 Å². The standard InChI is InChI=1S/C16H20N4O4S2.ClH/c1-18-13-10-19-12-9-15(24-3)14(23-2)8-11(12)16(13)25-7-5-4-6-20-26(17,21)22;/h8-10,20H,4-7H2,2-3H3,(H2,17,21,22);1H. The van der Waals surface area contributed by atoms with E-state index in [1.54, 1.807) is 26.5 Å². The summed E-state index contributed by atoms with van der Waals surface area (Å²) >= 11 is 1.53. The number of thioether (sulfide) groups is 1. The predicted molar refractivity (Wildman–Crippen MR) is 109 cm³/mol. The number of nitrogens with two attached hydrogens (primary N) is 1. The number of unbranched alkanes of at least 4 members (excludes halogenated alkanes) is 1. The third-order valence-corrected chi connectivity index (χ3v) is 5.36. The molecule has 2 aromatic rings. The van der Waals surface area contributed by atoms with Crippen molar-refractivity contribution in [1.82, 2.24) is 9.71 Å². The Labute approximate surface area is 169 Å². The fourth-order valence-electron chi connectivity index (χ4n) is 2.33. The molecule has 0 atom stereocenters. The number of aromatic nitrogens is 1. The number of ether oxygens (including phenoxy) is 2. The molecule has 0 aliphatic rings. The smallest absolute Gasteiger partial charge is 0.274 e. The lowest BCUT2D eigenvalue weighted by Gasteiger charge is -2.12. The number of benzene rings is 1. The highest BCUT2D eigenvalue weighted by molar-refractivity contribution is 7.99. The number of hydrogen-bond donors (Lipinski definition) is 2. The topological polar surface area (TPSA) is 108 Å². The van der Waals surface area contributed by atoms with E-state index in [0.29, 0.717) is 29.1 Å². The third-order valence-electron chi connectivity index (χ3n) is 3.55. The Kier molecular flexibility index (Phi) is 9.08. The van der Waals surface area contributed by atoms with E-state index in [4.69, 9.17) is 21.2 Å². The normalized spacial score (nSPS) is 10.9. The molecular weight excluding hydrogens is 412 g/mol. The monoisotopic (exact) mass is 432 g/mol. The number of pyridine rings is 1. The van der Waals surface area contributed by atoms with Crippen LogP contribution in [0.1, 0.15) is 12.8 Å². The molecule has 0 unspecified atom stereocenters. The van der Waals surface area contributed by atoms with Crippen molar-refractivity contribution in [2.75, 3.05) is 26.5 Å². The van der Waals surface area contributed by atoms with Crippen LogP contribution < -0.4 is 19.3 Å². The van der Waals surface area contributed by atoms with Gasteiger partial charge in [0, 0.05) is 29.1 Å². The van der Waals surface area contributed by atoms with E-state index in [2.05, 4.69) is 14.6 Å². The molecule has 0 amide bonds. The maximum Gasteiger partial charge on any atom is 0.274 e. The summed E-state index contributed by atoms with van der Waals surface area (Å²) in [6.07, 6.45) is 2.96. The van der Waals surface area contributed by atoms with E-state index in [-0.39, 0.29) is 19.0 Å². The minimum atomic E-state index is -3.65. The van der Waals surface area contributed by atoms with Crippen LogP contribution in [0.25, 0.3) is 15.7 Å². The first-order valence-electron chi connectivity index (χ1n) is 7.72. The highest BCUT2D eigenvalue weighted by atomic mass is 35.5. The Morgan fingerprint density at radius 1 is 1.26 bits per heavy atom. The highest BCUT2D eigenvalue weighted by Crippen LogP contribution is 2.40. The van der Waals surface area contributed by atoms with Crippen LogP contribution in [-0.2, 0) is 10.2 Å². The van der Waals surface area contributed by atoms with E-state index in [1.807, 2.05) is 6.07 Å². The highest BCUT2D eigenvalue weighted by Gasteiger charge is 2.14. The lowest BCUT2D eigenvalue weighted by Crippen LogP contribution is -2.31. The van der Waals surface area contributed by atoms with Gasteiger partial charge in [0.15, 0.2) is 11.5 Å². The molecule has 3 N–H and O–H groups in total. The van der Waals surface area contributed by atoms with Gasteiger partial charge in [-0.2, -0.15) is 8.42 Å². The summed E-state index contributed by atoms with van der Waals surface area (Å²) < 4.78 is 34.5. The average molecular weight is 433 g/mol. The van der Waals surface area contributed by atoms with Crippen LogP contribution in [0.2, 0.25) is 0 Å². The molecule has 0 fully saturated rings. The summed E-state index contributed by atoms with van der Waals surface area (Å²) in [5.74, 6) is 1.87. The van der Waals surface area contributed by atoms with Gasteiger partial charge in [-0.3, -0.25) is 4.98 Å². The van der Waals surface area contributed by atoms with Gasteiger partial charge >= 0.3 is 0 Å². The number of rotatable bonds is 9. The number of fused-ring (bicyclic) bond motifs is 1. The van der Waals surface area contributed by atoms with Gasteiger partial charge in [-0.05, 0) is 24.7 Å². The van der Waals surface area contributed by atoms with Crippen molar-refractivity contribution in [2.45, 2.75) is 17.7 Å². The van der Waals surface area contributed by atoms with Gasteiger partial charge in [-0.25, -0.2) is 14.7 Å². The molecule has 0 saturated heterocycles. The van der Waals surface area contributed by atoms with E-state index in [9.17, 15) is 8.42 Å². The summed E-state index contributed by atoms with van der Waals surface area (Å²) in [6.45, 7) is 7.67. The van der Waals surface area contributed by atoms with Crippen LogP contribution in [0.15, 0.2) is 23.2 Å². The number of halogens is 1. The summed E-state index contributed by atoms with van der Waals surface area (Å²) in [6, 6.07) is 3.60. The molecule has 1 aromatic carbocycles. The Morgan fingerprint density at radius 2 is 1.93 bits per heavy atom. The molecule has 0 saturated carbocycles. The van der Waals surface area contributed by atoms with Crippen molar-refractivity contribution >= 4 is 51.0 Å². The minimum Gasteiger partial charge on any atom is -0.493 e. The number of hydrogen-bond acceptors (Lipinski definition) is 6. The molecule has 0 bridgehead atoms. The zero-order chi connectivity index (χ0) is 19.2. The molecule has 0 aliphatic carbocycles. The van der Waals surface area contributed by atoms with Crippen molar-refractivity contribution in [3.63, 3.8) is 0 Å². The molecule has 1 heterocycles. The molecule has 11 heteroatoms. The molecule has 2 rings (SSSR count). The molecule has 27 heavy (non-hydrogen) atoms. The fourth-order valence-corrected chi connectivity index (χ4v) is 3.88. The Hall–Kier alpha value is -1.77. The van der Waals surface area contributed by atoms with Crippen LogP contribution >= 0.6 is 24.2 Å². The lowest BCUT2D eigenvalue weighted by molar-refractivity contribution is 0.355. The second kappa shape index (κ2) is 10.5. The van der Waals surface area contributed by atoms with Crippen LogP contribution in [0.3, 0.4) is 0 Å². The molecule has 0 radical (unpaired) electrons. The zero-order valence-corrected chi connectivity index (χ0v) is 17.3. The Morgan fingerprint density at radius 3 is 2.52 bits per heavy atom. The first-order chi connectivity index (χ1) is 12.4. The minimum absolute atomic E-state index is 0. The summed E-state index contributed by atoms with van der Waals surface area (Å²) in [4.78, 5) is 8.71. The van der Waals surface area contributed by atoms with Crippen molar-refractivity contribution in [1.29, 1.82) is 0 Å². The quantitative estimate of drug-likeness (QED) is 0.358. The van der Waals surface area contributed by atoms with Crippen molar-refractivity contribution in [2.24, 2.45) is 5.14 Å². The van der Waals surface area contributed by atoms with Gasteiger partial charge in [-0.1, -0.05) is 0 Å². The Bertz CT molecular complexity index is 932. The van der Waals surface area contributed by atoms with Gasteiger partial charge in [0.1, 0.15) is 0 Å². The van der Waals surface area contributed by atoms with Crippen molar-refractivity contribution < 1.29 is 17.9 Å². The lowest BCUT2D eigenvalue weighted by atomic mass is 10.2. The first kappa shape index (κ1) is 23.3. The molecule has 1 aromatic heterocycles. The summed E-state index contributed by atoms with van der Waals surface area (Å²) in [5, 5.41) is 5.71. The zero-order valence-electron chi connectivity index (χ0n) is 14.9. The fraction of sp³-hybridized carbons (Fsp3) is 0.375. The van der Waals surface area contributed by atoms with E-state index in [0.717, 1.165) is 22.5 Å². The molecular formula is C16H21ClN4O4S2. The summed E-state index contributed by atoms with van der Waals surface area (Å²) in [5.41, 5.74) is 1.19. The summed E-state index contributed by atoms with van der Waals surface area (Å²) in [7, 11) is -0.533. The maximum absolute atomic E-state index is 10.8. The molecule has 148 valence electrons.